The summed E-state index contributed by atoms with van der Waals surface area (Å²) in [7, 11) is 1.66. The van der Waals surface area contributed by atoms with Gasteiger partial charge in [-0.05, 0) is 24.1 Å². The molecule has 0 fully saturated rings. The Labute approximate surface area is 129 Å². The van der Waals surface area contributed by atoms with Gasteiger partial charge in [-0.2, -0.15) is 0 Å². The predicted octanol–water partition coefficient (Wildman–Crippen LogP) is 1.25. The average Bonchev–Trinajstić information content (AvgIpc) is 2.58. The van der Waals surface area contributed by atoms with Gasteiger partial charge in [-0.15, -0.1) is 0 Å². The molecule has 0 unspecified atom stereocenters. The zero-order chi connectivity index (χ0) is 15.6. The molecule has 2 heterocycles. The lowest BCUT2D eigenvalue weighted by atomic mass is 10.2. The van der Waals surface area contributed by atoms with E-state index in [1.165, 1.54) is 12.4 Å². The summed E-state index contributed by atoms with van der Waals surface area (Å²) in [6.07, 6.45) is 7.26. The minimum atomic E-state index is -0.206. The molecule has 0 aromatic carbocycles. The van der Waals surface area contributed by atoms with Gasteiger partial charge in [0.25, 0.3) is 5.91 Å². The Morgan fingerprint density at radius 1 is 1.23 bits per heavy atom. The van der Waals surface area contributed by atoms with Crippen LogP contribution in [0.15, 0.2) is 36.9 Å². The van der Waals surface area contributed by atoms with Crippen LogP contribution in [0.3, 0.4) is 0 Å². The smallest absolute Gasteiger partial charge is 0.254 e. The molecule has 2 aromatic heterocycles. The van der Waals surface area contributed by atoms with Crippen molar-refractivity contribution in [3.05, 3.63) is 48.0 Å². The number of ether oxygens (including phenoxy) is 1. The highest BCUT2D eigenvalue weighted by atomic mass is 16.5. The molecule has 0 spiro atoms. The van der Waals surface area contributed by atoms with Crippen molar-refractivity contribution < 1.29 is 9.53 Å². The molecule has 2 aromatic rings. The van der Waals surface area contributed by atoms with E-state index in [4.69, 9.17) is 4.74 Å². The SMILES string of the molecule is COCCCNc1ncc(C(=O)NCc2ccncc2)cn1. The molecule has 0 saturated carbocycles. The molecule has 0 aliphatic rings. The maximum atomic E-state index is 12.0. The lowest BCUT2D eigenvalue weighted by Crippen LogP contribution is -2.23. The van der Waals surface area contributed by atoms with Gasteiger partial charge in [0.1, 0.15) is 0 Å². The van der Waals surface area contributed by atoms with Gasteiger partial charge in [0, 0.05) is 51.6 Å². The number of hydrogen-bond donors (Lipinski definition) is 2. The van der Waals surface area contributed by atoms with Crippen molar-refractivity contribution in [2.75, 3.05) is 25.6 Å². The van der Waals surface area contributed by atoms with Crippen LogP contribution >= 0.6 is 0 Å². The predicted molar refractivity (Wildman–Crippen MR) is 82.4 cm³/mol. The molecule has 1 amide bonds. The zero-order valence-electron chi connectivity index (χ0n) is 12.5. The molecule has 0 aliphatic carbocycles. The van der Waals surface area contributed by atoms with Crippen LogP contribution in [0.5, 0.6) is 0 Å². The van der Waals surface area contributed by atoms with Gasteiger partial charge >= 0.3 is 0 Å². The number of aromatic nitrogens is 3. The number of nitrogens with one attached hydrogen (secondary N) is 2. The van der Waals surface area contributed by atoms with Gasteiger partial charge in [-0.25, -0.2) is 9.97 Å². The first-order chi connectivity index (χ1) is 10.8. The van der Waals surface area contributed by atoms with Crippen LogP contribution in [0.4, 0.5) is 5.95 Å². The number of nitrogens with zero attached hydrogens (tertiary/aromatic N) is 3. The number of anilines is 1. The lowest BCUT2D eigenvalue weighted by molar-refractivity contribution is 0.0950. The Morgan fingerprint density at radius 3 is 2.64 bits per heavy atom. The highest BCUT2D eigenvalue weighted by molar-refractivity contribution is 5.93. The van der Waals surface area contributed by atoms with Crippen molar-refractivity contribution in [2.24, 2.45) is 0 Å². The molecule has 0 aliphatic heterocycles. The molecule has 7 nitrogen and oxygen atoms in total. The van der Waals surface area contributed by atoms with Crippen LogP contribution < -0.4 is 10.6 Å². The Bertz CT molecular complexity index is 574. The molecule has 7 heteroatoms. The average molecular weight is 301 g/mol. The maximum absolute atomic E-state index is 12.0. The van der Waals surface area contributed by atoms with Crippen LogP contribution in [0, 0.1) is 0 Å². The summed E-state index contributed by atoms with van der Waals surface area (Å²) in [5, 5.41) is 5.87. The Hall–Kier alpha value is -2.54. The fourth-order valence-electron chi connectivity index (χ4n) is 1.74. The van der Waals surface area contributed by atoms with E-state index in [-0.39, 0.29) is 5.91 Å². The first kappa shape index (κ1) is 15.8. The van der Waals surface area contributed by atoms with Crippen molar-refractivity contribution in [3.63, 3.8) is 0 Å². The van der Waals surface area contributed by atoms with Crippen LogP contribution in [0.25, 0.3) is 0 Å². The van der Waals surface area contributed by atoms with Crippen molar-refractivity contribution in [2.45, 2.75) is 13.0 Å². The van der Waals surface area contributed by atoms with E-state index in [1.807, 2.05) is 12.1 Å². The molecular weight excluding hydrogens is 282 g/mol. The molecule has 0 atom stereocenters. The lowest BCUT2D eigenvalue weighted by Gasteiger charge is -2.06. The van der Waals surface area contributed by atoms with Gasteiger partial charge in [0.15, 0.2) is 0 Å². The van der Waals surface area contributed by atoms with E-state index >= 15 is 0 Å². The van der Waals surface area contributed by atoms with Crippen LogP contribution in [-0.2, 0) is 11.3 Å². The fourth-order valence-corrected chi connectivity index (χ4v) is 1.74. The highest BCUT2D eigenvalue weighted by Gasteiger charge is 2.06. The van der Waals surface area contributed by atoms with Gasteiger partial charge in [0.05, 0.1) is 5.56 Å². The second-order valence-corrected chi connectivity index (χ2v) is 4.61. The third-order valence-corrected chi connectivity index (χ3v) is 2.92. The van der Waals surface area contributed by atoms with Crippen LogP contribution in [0.2, 0.25) is 0 Å². The maximum Gasteiger partial charge on any atom is 0.254 e. The first-order valence-corrected chi connectivity index (χ1v) is 7.01. The first-order valence-electron chi connectivity index (χ1n) is 7.01. The van der Waals surface area contributed by atoms with Crippen LogP contribution in [0.1, 0.15) is 22.3 Å². The highest BCUT2D eigenvalue weighted by Crippen LogP contribution is 2.02. The second kappa shape index (κ2) is 8.68. The summed E-state index contributed by atoms with van der Waals surface area (Å²) in [4.78, 5) is 24.2. The second-order valence-electron chi connectivity index (χ2n) is 4.61. The van der Waals surface area contributed by atoms with Crippen molar-refractivity contribution in [1.82, 2.24) is 20.3 Å². The Balaban J connectivity index is 1.80. The molecule has 0 bridgehead atoms. The molecule has 0 radical (unpaired) electrons. The number of rotatable bonds is 8. The third kappa shape index (κ3) is 5.10. The summed E-state index contributed by atoms with van der Waals surface area (Å²) in [5.41, 5.74) is 1.41. The Kier molecular flexibility index (Phi) is 6.25. The Morgan fingerprint density at radius 2 is 1.95 bits per heavy atom. The van der Waals surface area contributed by atoms with E-state index < -0.39 is 0 Å². The quantitative estimate of drug-likeness (QED) is 0.713. The van der Waals surface area contributed by atoms with E-state index in [0.717, 1.165) is 18.5 Å². The minimum absolute atomic E-state index is 0.206. The molecular formula is C15H19N5O2. The fraction of sp³-hybridized carbons (Fsp3) is 0.333. The monoisotopic (exact) mass is 301 g/mol. The topological polar surface area (TPSA) is 89.0 Å². The molecule has 116 valence electrons. The number of amides is 1. The van der Waals surface area contributed by atoms with Crippen molar-refractivity contribution in [1.29, 1.82) is 0 Å². The van der Waals surface area contributed by atoms with Gasteiger partial charge in [-0.1, -0.05) is 0 Å². The summed E-state index contributed by atoms with van der Waals surface area (Å²) < 4.78 is 4.96. The number of pyridine rings is 1. The normalized spacial score (nSPS) is 10.2. The standard InChI is InChI=1S/C15H19N5O2/c1-22-8-2-5-17-15-19-10-13(11-20-15)14(21)18-9-12-3-6-16-7-4-12/h3-4,6-7,10-11H,2,5,8-9H2,1H3,(H,18,21)(H,17,19,20). The van der Waals surface area contributed by atoms with E-state index in [1.54, 1.807) is 19.5 Å². The van der Waals surface area contributed by atoms with E-state index in [9.17, 15) is 4.79 Å². The molecule has 22 heavy (non-hydrogen) atoms. The van der Waals surface area contributed by atoms with E-state index in [0.29, 0.717) is 24.7 Å². The van der Waals surface area contributed by atoms with Gasteiger partial charge in [0.2, 0.25) is 5.95 Å². The molecule has 0 saturated heterocycles. The largest absolute Gasteiger partial charge is 0.385 e. The number of carbonyl (C=O) groups is 1. The summed E-state index contributed by atoms with van der Waals surface area (Å²) in [6, 6.07) is 3.70. The summed E-state index contributed by atoms with van der Waals surface area (Å²) >= 11 is 0. The van der Waals surface area contributed by atoms with Crippen LogP contribution in [-0.4, -0.2) is 41.1 Å². The van der Waals surface area contributed by atoms with Gasteiger partial charge < -0.3 is 15.4 Å². The summed E-state index contributed by atoms with van der Waals surface area (Å²) in [6.45, 7) is 1.85. The van der Waals surface area contributed by atoms with Crippen molar-refractivity contribution in [3.8, 4) is 0 Å². The number of hydrogen-bond acceptors (Lipinski definition) is 6. The number of carbonyl (C=O) groups excluding carboxylic acids is 1. The minimum Gasteiger partial charge on any atom is -0.385 e. The molecule has 2 rings (SSSR count). The number of methoxy groups -OCH3 is 1. The van der Waals surface area contributed by atoms with Crippen molar-refractivity contribution >= 4 is 11.9 Å². The van der Waals surface area contributed by atoms with Gasteiger partial charge in [-0.3, -0.25) is 9.78 Å². The van der Waals surface area contributed by atoms with E-state index in [2.05, 4.69) is 25.6 Å². The zero-order valence-corrected chi connectivity index (χ0v) is 12.5. The third-order valence-electron chi connectivity index (χ3n) is 2.92. The molecule has 2 N–H and O–H groups in total. The summed E-state index contributed by atoms with van der Waals surface area (Å²) in [5.74, 6) is 0.296.